The number of rotatable bonds is 3. The topological polar surface area (TPSA) is 61.8 Å². The number of fused-ring (bicyclic) bond motifs is 2. The van der Waals surface area contributed by atoms with Crippen molar-refractivity contribution in [3.63, 3.8) is 0 Å². The maximum absolute atomic E-state index is 12.9. The van der Waals surface area contributed by atoms with Crippen LogP contribution in [-0.4, -0.2) is 31.8 Å². The number of benzene rings is 3. The van der Waals surface area contributed by atoms with E-state index in [1.54, 1.807) is 0 Å². The summed E-state index contributed by atoms with van der Waals surface area (Å²) >= 11 is 0. The van der Waals surface area contributed by atoms with E-state index in [0.29, 0.717) is 16.9 Å². The quantitative estimate of drug-likeness (QED) is 0.559. The maximum Gasteiger partial charge on any atom is 0.342 e. The average Bonchev–Trinajstić information content (AvgIpc) is 2.76. The first-order chi connectivity index (χ1) is 14.4. The lowest BCUT2D eigenvalue weighted by molar-refractivity contribution is 0.0545. The molecule has 152 valence electrons. The van der Waals surface area contributed by atoms with E-state index >= 15 is 0 Å². The zero-order valence-electron chi connectivity index (χ0n) is 17.3. The van der Waals surface area contributed by atoms with Crippen LogP contribution >= 0.6 is 0 Å². The van der Waals surface area contributed by atoms with Crippen molar-refractivity contribution in [2.75, 3.05) is 14.2 Å². The van der Waals surface area contributed by atoms with Gasteiger partial charge in [0.15, 0.2) is 0 Å². The average molecular weight is 402 g/mol. The molecule has 0 radical (unpaired) electrons. The Morgan fingerprint density at radius 1 is 0.867 bits per heavy atom. The third-order valence-corrected chi connectivity index (χ3v) is 5.20. The molecule has 3 aromatic rings. The first kappa shape index (κ1) is 19.7. The van der Waals surface area contributed by atoms with E-state index in [0.717, 1.165) is 16.3 Å². The molecule has 0 amide bonds. The van der Waals surface area contributed by atoms with E-state index in [1.165, 1.54) is 14.2 Å². The van der Waals surface area contributed by atoms with Crippen molar-refractivity contribution in [1.82, 2.24) is 0 Å². The van der Waals surface area contributed by atoms with Crippen molar-refractivity contribution in [3.05, 3.63) is 71.3 Å². The zero-order chi connectivity index (χ0) is 21.5. The Kier molecular flexibility index (Phi) is 4.82. The largest absolute Gasteiger partial charge is 0.482 e. The molecule has 0 fully saturated rings. The second-order valence-electron chi connectivity index (χ2n) is 7.64. The molecular formula is C25H22O5. The Balaban J connectivity index is 2.14. The molecule has 0 saturated carbocycles. The predicted molar refractivity (Wildman–Crippen MR) is 116 cm³/mol. The second-order valence-corrected chi connectivity index (χ2v) is 7.64. The van der Waals surface area contributed by atoms with E-state index in [9.17, 15) is 9.59 Å². The van der Waals surface area contributed by atoms with Crippen LogP contribution in [0.4, 0.5) is 0 Å². The summed E-state index contributed by atoms with van der Waals surface area (Å²) in [6.45, 7) is 3.76. The van der Waals surface area contributed by atoms with Crippen LogP contribution in [0.2, 0.25) is 0 Å². The fourth-order valence-electron chi connectivity index (χ4n) is 3.79. The highest BCUT2D eigenvalue weighted by molar-refractivity contribution is 6.13. The van der Waals surface area contributed by atoms with Crippen molar-refractivity contribution in [2.24, 2.45) is 0 Å². The Morgan fingerprint density at radius 2 is 1.53 bits per heavy atom. The van der Waals surface area contributed by atoms with Crippen LogP contribution in [-0.2, 0) is 9.47 Å². The molecule has 0 spiro atoms. The molecule has 0 aliphatic carbocycles. The normalized spacial score (nSPS) is 14.0. The summed E-state index contributed by atoms with van der Waals surface area (Å²) in [5.41, 5.74) is 1.67. The minimum Gasteiger partial charge on any atom is -0.482 e. The lowest BCUT2D eigenvalue weighted by Gasteiger charge is -2.30. The number of hydrogen-bond acceptors (Lipinski definition) is 5. The van der Waals surface area contributed by atoms with E-state index in [4.69, 9.17) is 14.2 Å². The van der Waals surface area contributed by atoms with Gasteiger partial charge in [-0.15, -0.1) is 0 Å². The van der Waals surface area contributed by atoms with Crippen LogP contribution in [0.15, 0.2) is 54.6 Å². The van der Waals surface area contributed by atoms with E-state index in [1.807, 2.05) is 74.5 Å². The molecule has 0 atom stereocenters. The Labute approximate surface area is 174 Å². The van der Waals surface area contributed by atoms with Gasteiger partial charge in [-0.2, -0.15) is 0 Å². The predicted octanol–water partition coefficient (Wildman–Crippen LogP) is 5.26. The molecule has 0 saturated heterocycles. The Morgan fingerprint density at radius 3 is 2.27 bits per heavy atom. The van der Waals surface area contributed by atoms with Crippen molar-refractivity contribution < 1.29 is 23.8 Å². The van der Waals surface area contributed by atoms with Crippen molar-refractivity contribution >= 4 is 28.8 Å². The lowest BCUT2D eigenvalue weighted by Crippen LogP contribution is -2.30. The van der Waals surface area contributed by atoms with Gasteiger partial charge in [0, 0.05) is 5.56 Å². The summed E-state index contributed by atoms with van der Waals surface area (Å²) in [5, 5.41) is 1.98. The van der Waals surface area contributed by atoms with Gasteiger partial charge in [0.25, 0.3) is 0 Å². The molecule has 0 N–H and O–H groups in total. The third-order valence-electron chi connectivity index (χ3n) is 5.20. The summed E-state index contributed by atoms with van der Waals surface area (Å²) in [6, 6.07) is 15.6. The standard InChI is InChI=1S/C25H22O5/c1-25(2)13-12-16-14-19(18-11-7-9-15-8-5-6-10-17(15)18)20(23(26)28-3)21(22(16)30-25)24(27)29-4/h5-14H,1-4H3. The van der Waals surface area contributed by atoms with Gasteiger partial charge in [-0.05, 0) is 47.9 Å². The summed E-state index contributed by atoms with van der Waals surface area (Å²) in [5.74, 6) is -0.962. The van der Waals surface area contributed by atoms with Crippen LogP contribution in [0, 0.1) is 0 Å². The Hall–Kier alpha value is -3.60. The van der Waals surface area contributed by atoms with E-state index in [2.05, 4.69) is 0 Å². The number of methoxy groups -OCH3 is 2. The number of carbonyl (C=O) groups is 2. The summed E-state index contributed by atoms with van der Waals surface area (Å²) in [4.78, 5) is 25.8. The second kappa shape index (κ2) is 7.34. The van der Waals surface area contributed by atoms with Crippen molar-refractivity contribution in [3.8, 4) is 16.9 Å². The van der Waals surface area contributed by atoms with Crippen LogP contribution in [0.5, 0.6) is 5.75 Å². The van der Waals surface area contributed by atoms with Gasteiger partial charge < -0.3 is 14.2 Å². The molecule has 1 aliphatic rings. The van der Waals surface area contributed by atoms with Crippen molar-refractivity contribution in [1.29, 1.82) is 0 Å². The highest BCUT2D eigenvalue weighted by atomic mass is 16.5. The van der Waals surface area contributed by atoms with Crippen molar-refractivity contribution in [2.45, 2.75) is 19.4 Å². The van der Waals surface area contributed by atoms with Crippen LogP contribution in [0.1, 0.15) is 40.1 Å². The molecule has 1 aliphatic heterocycles. The summed E-state index contributed by atoms with van der Waals surface area (Å²) < 4.78 is 16.2. The first-order valence-electron chi connectivity index (χ1n) is 9.60. The third kappa shape index (κ3) is 3.22. The molecule has 30 heavy (non-hydrogen) atoms. The number of ether oxygens (including phenoxy) is 3. The zero-order valence-corrected chi connectivity index (χ0v) is 17.3. The fourth-order valence-corrected chi connectivity index (χ4v) is 3.79. The highest BCUT2D eigenvalue weighted by Gasteiger charge is 2.34. The fraction of sp³-hybridized carbons (Fsp3) is 0.200. The summed E-state index contributed by atoms with van der Waals surface area (Å²) in [6.07, 6.45) is 3.82. The van der Waals surface area contributed by atoms with Gasteiger partial charge in [0.1, 0.15) is 16.9 Å². The van der Waals surface area contributed by atoms with E-state index in [-0.39, 0.29) is 11.1 Å². The molecule has 0 aromatic heterocycles. The number of carbonyl (C=O) groups excluding carboxylic acids is 2. The molecule has 3 aromatic carbocycles. The SMILES string of the molecule is COC(=O)c1c(-c2cccc3ccccc23)cc2c(c1C(=O)OC)OC(C)(C)C=C2. The first-order valence-corrected chi connectivity index (χ1v) is 9.60. The van der Waals surface area contributed by atoms with Gasteiger partial charge in [-0.25, -0.2) is 9.59 Å². The minimum absolute atomic E-state index is 0.0715. The van der Waals surface area contributed by atoms with Gasteiger partial charge in [0.2, 0.25) is 0 Å². The number of hydrogen-bond donors (Lipinski definition) is 0. The molecule has 5 nitrogen and oxygen atoms in total. The molecule has 0 unspecified atom stereocenters. The minimum atomic E-state index is -0.653. The molecule has 5 heteroatoms. The molecule has 1 heterocycles. The van der Waals surface area contributed by atoms with E-state index < -0.39 is 17.5 Å². The van der Waals surface area contributed by atoms with Crippen LogP contribution in [0.3, 0.4) is 0 Å². The van der Waals surface area contributed by atoms with Crippen LogP contribution in [0.25, 0.3) is 28.0 Å². The maximum atomic E-state index is 12.9. The lowest BCUT2D eigenvalue weighted by atomic mass is 9.87. The number of esters is 2. The van der Waals surface area contributed by atoms with Gasteiger partial charge in [-0.1, -0.05) is 48.5 Å². The Bertz CT molecular complexity index is 1200. The van der Waals surface area contributed by atoms with Gasteiger partial charge in [0.05, 0.1) is 19.8 Å². The van der Waals surface area contributed by atoms with Gasteiger partial charge >= 0.3 is 11.9 Å². The summed E-state index contributed by atoms with van der Waals surface area (Å²) in [7, 11) is 2.57. The van der Waals surface area contributed by atoms with Crippen LogP contribution < -0.4 is 4.74 Å². The highest BCUT2D eigenvalue weighted by Crippen LogP contribution is 2.42. The molecular weight excluding hydrogens is 380 g/mol. The molecule has 4 rings (SSSR count). The van der Waals surface area contributed by atoms with Gasteiger partial charge in [-0.3, -0.25) is 0 Å². The molecule has 0 bridgehead atoms. The smallest absolute Gasteiger partial charge is 0.342 e. The monoisotopic (exact) mass is 402 g/mol.